The number of fused-ring (bicyclic) bond motifs is 3. The normalized spacial score (nSPS) is 17.6. The van der Waals surface area contributed by atoms with E-state index in [1.165, 1.54) is 0 Å². The molecule has 1 aliphatic rings. The molecule has 2 aromatic rings. The van der Waals surface area contributed by atoms with Crippen molar-refractivity contribution < 1.29 is 9.90 Å². The zero-order valence-corrected chi connectivity index (χ0v) is 7.84. The number of imidazole rings is 1. The molecule has 1 aromatic carbocycles. The molecule has 15 heavy (non-hydrogen) atoms. The van der Waals surface area contributed by atoms with E-state index in [-0.39, 0.29) is 5.91 Å². The highest BCUT2D eigenvalue weighted by Gasteiger charge is 2.28. The van der Waals surface area contributed by atoms with E-state index in [0.717, 1.165) is 17.3 Å². The molecule has 0 radical (unpaired) electrons. The summed E-state index contributed by atoms with van der Waals surface area (Å²) in [7, 11) is 0. The molecule has 0 saturated carbocycles. The predicted molar refractivity (Wildman–Crippen MR) is 54.8 cm³/mol. The Balaban J connectivity index is 2.35. The van der Waals surface area contributed by atoms with Crippen LogP contribution in [-0.4, -0.2) is 20.6 Å². The van der Waals surface area contributed by atoms with Crippen molar-refractivity contribution in [3.05, 3.63) is 41.9 Å². The molecule has 0 spiro atoms. The Labute approximate surface area is 85.5 Å². The fraction of sp³-hybridized carbons (Fsp3) is 0.0909. The van der Waals surface area contributed by atoms with Gasteiger partial charge >= 0.3 is 0 Å². The third-order valence-electron chi connectivity index (χ3n) is 2.61. The van der Waals surface area contributed by atoms with Crippen LogP contribution in [0.2, 0.25) is 0 Å². The quantitative estimate of drug-likeness (QED) is 0.520. The molecule has 0 aliphatic carbocycles. The first-order valence-corrected chi connectivity index (χ1v) is 4.65. The minimum absolute atomic E-state index is 0.179. The number of aliphatic hydroxyl groups excluding tert-OH is 1. The number of aliphatic hydroxyl groups is 1. The topological polar surface area (TPSA) is 55.1 Å². The summed E-state index contributed by atoms with van der Waals surface area (Å²) in [4.78, 5) is 16.1. The lowest BCUT2D eigenvalue weighted by molar-refractivity contribution is 0.0967. The highest BCUT2D eigenvalue weighted by atomic mass is 16.2. The lowest BCUT2D eigenvalue weighted by atomic mass is 10.2. The molecular formula is C11H8N2O2. The second-order valence-electron chi connectivity index (χ2n) is 3.49. The van der Waals surface area contributed by atoms with E-state index in [1.807, 2.05) is 24.3 Å². The molecule has 1 N–H and O–H groups in total. The molecule has 0 amide bonds. The van der Waals surface area contributed by atoms with Gasteiger partial charge in [0.05, 0.1) is 22.9 Å². The largest absolute Gasteiger partial charge is 0.515 e. The SMILES string of the molecule is O=C1C(=CO)Cc2nc3ccccc3n21. The summed E-state index contributed by atoms with van der Waals surface area (Å²) in [5.74, 6) is 0.516. The van der Waals surface area contributed by atoms with E-state index >= 15 is 0 Å². The van der Waals surface area contributed by atoms with Gasteiger partial charge in [-0.15, -0.1) is 0 Å². The lowest BCUT2D eigenvalue weighted by Crippen LogP contribution is -2.05. The zero-order chi connectivity index (χ0) is 10.4. The van der Waals surface area contributed by atoms with Crippen molar-refractivity contribution >= 4 is 16.9 Å². The molecule has 3 rings (SSSR count). The summed E-state index contributed by atoms with van der Waals surface area (Å²) in [6.45, 7) is 0. The van der Waals surface area contributed by atoms with E-state index in [1.54, 1.807) is 4.57 Å². The van der Waals surface area contributed by atoms with E-state index in [4.69, 9.17) is 5.11 Å². The first kappa shape index (κ1) is 8.23. The number of allylic oxidation sites excluding steroid dienone is 1. The summed E-state index contributed by atoms with van der Waals surface area (Å²) in [5.41, 5.74) is 2.01. The molecule has 0 fully saturated rings. The van der Waals surface area contributed by atoms with Crippen LogP contribution in [0.25, 0.3) is 11.0 Å². The van der Waals surface area contributed by atoms with Crippen LogP contribution in [-0.2, 0) is 6.42 Å². The van der Waals surface area contributed by atoms with Crippen LogP contribution in [0.4, 0.5) is 0 Å². The average Bonchev–Trinajstić information content (AvgIpc) is 2.75. The van der Waals surface area contributed by atoms with Crippen LogP contribution in [0.1, 0.15) is 10.6 Å². The number of rotatable bonds is 0. The minimum Gasteiger partial charge on any atom is -0.515 e. The van der Waals surface area contributed by atoms with Gasteiger partial charge in [-0.05, 0) is 12.1 Å². The van der Waals surface area contributed by atoms with Crippen LogP contribution >= 0.6 is 0 Å². The molecule has 0 unspecified atom stereocenters. The summed E-state index contributed by atoms with van der Waals surface area (Å²) in [6.07, 6.45) is 1.27. The maximum atomic E-state index is 11.8. The second kappa shape index (κ2) is 2.70. The Bertz CT molecular complexity index is 596. The van der Waals surface area contributed by atoms with Gasteiger partial charge in [0.2, 0.25) is 0 Å². The van der Waals surface area contributed by atoms with Gasteiger partial charge in [-0.25, -0.2) is 4.98 Å². The molecule has 0 atom stereocenters. The molecule has 2 heterocycles. The van der Waals surface area contributed by atoms with Gasteiger partial charge in [0.25, 0.3) is 5.91 Å². The summed E-state index contributed by atoms with van der Waals surface area (Å²) >= 11 is 0. The number of carbonyl (C=O) groups is 1. The number of benzene rings is 1. The maximum Gasteiger partial charge on any atom is 0.263 e. The number of nitrogens with zero attached hydrogens (tertiary/aromatic N) is 2. The Morgan fingerprint density at radius 3 is 3.00 bits per heavy atom. The van der Waals surface area contributed by atoms with Crippen molar-refractivity contribution in [3.63, 3.8) is 0 Å². The van der Waals surface area contributed by atoms with Crippen molar-refractivity contribution in [2.75, 3.05) is 0 Å². The van der Waals surface area contributed by atoms with Gasteiger partial charge in [-0.1, -0.05) is 12.1 Å². The fourth-order valence-electron chi connectivity index (χ4n) is 1.91. The second-order valence-corrected chi connectivity index (χ2v) is 3.49. The first-order chi connectivity index (χ1) is 7.31. The summed E-state index contributed by atoms with van der Waals surface area (Å²) < 4.78 is 1.55. The Morgan fingerprint density at radius 1 is 1.40 bits per heavy atom. The first-order valence-electron chi connectivity index (χ1n) is 4.65. The lowest BCUT2D eigenvalue weighted by Gasteiger charge is -1.96. The van der Waals surface area contributed by atoms with Crippen LogP contribution in [0.3, 0.4) is 0 Å². The monoisotopic (exact) mass is 200 g/mol. The molecule has 4 heteroatoms. The summed E-state index contributed by atoms with van der Waals surface area (Å²) in [6, 6.07) is 7.48. The Morgan fingerprint density at radius 2 is 2.20 bits per heavy atom. The van der Waals surface area contributed by atoms with Gasteiger partial charge in [-0.3, -0.25) is 9.36 Å². The number of carbonyl (C=O) groups excluding carboxylic acids is 1. The van der Waals surface area contributed by atoms with Crippen molar-refractivity contribution in [1.82, 2.24) is 9.55 Å². The molecule has 4 nitrogen and oxygen atoms in total. The Kier molecular flexibility index (Phi) is 1.48. The predicted octanol–water partition coefficient (Wildman–Crippen LogP) is 1.67. The molecule has 0 bridgehead atoms. The van der Waals surface area contributed by atoms with Gasteiger partial charge in [0, 0.05) is 6.42 Å². The summed E-state index contributed by atoms with van der Waals surface area (Å²) in [5, 5.41) is 8.88. The van der Waals surface area contributed by atoms with Crippen LogP contribution in [0.15, 0.2) is 36.1 Å². The highest BCUT2D eigenvalue weighted by molar-refractivity contribution is 6.04. The number of aromatic nitrogens is 2. The van der Waals surface area contributed by atoms with E-state index in [2.05, 4.69) is 4.98 Å². The number of para-hydroxylation sites is 2. The van der Waals surface area contributed by atoms with Crippen molar-refractivity contribution in [2.45, 2.75) is 6.42 Å². The van der Waals surface area contributed by atoms with Crippen LogP contribution in [0, 0.1) is 0 Å². The third kappa shape index (κ3) is 0.958. The van der Waals surface area contributed by atoms with E-state index in [0.29, 0.717) is 17.8 Å². The van der Waals surface area contributed by atoms with Crippen molar-refractivity contribution in [1.29, 1.82) is 0 Å². The van der Waals surface area contributed by atoms with Gasteiger partial charge in [0.1, 0.15) is 5.82 Å². The molecule has 1 aliphatic heterocycles. The standard InChI is InChI=1S/C11H8N2O2/c14-6-7-5-10-12-8-3-1-2-4-9(8)13(10)11(7)15/h1-4,6,14H,5H2. The Hall–Kier alpha value is -2.10. The highest BCUT2D eigenvalue weighted by Crippen LogP contribution is 2.25. The smallest absolute Gasteiger partial charge is 0.263 e. The van der Waals surface area contributed by atoms with E-state index < -0.39 is 0 Å². The van der Waals surface area contributed by atoms with E-state index in [9.17, 15) is 4.79 Å². The van der Waals surface area contributed by atoms with Crippen LogP contribution < -0.4 is 0 Å². The third-order valence-corrected chi connectivity index (χ3v) is 2.61. The molecule has 1 aromatic heterocycles. The molecular weight excluding hydrogens is 192 g/mol. The van der Waals surface area contributed by atoms with Gasteiger partial charge < -0.3 is 5.11 Å². The number of hydrogen-bond donors (Lipinski definition) is 1. The molecule has 74 valence electrons. The van der Waals surface area contributed by atoms with Crippen LogP contribution in [0.5, 0.6) is 0 Å². The van der Waals surface area contributed by atoms with Crippen molar-refractivity contribution in [3.8, 4) is 0 Å². The zero-order valence-electron chi connectivity index (χ0n) is 7.84. The van der Waals surface area contributed by atoms with Crippen molar-refractivity contribution in [2.24, 2.45) is 0 Å². The maximum absolute atomic E-state index is 11.8. The average molecular weight is 200 g/mol. The number of hydrogen-bond acceptors (Lipinski definition) is 3. The minimum atomic E-state index is -0.179. The van der Waals surface area contributed by atoms with Gasteiger partial charge in [0.15, 0.2) is 0 Å². The fourth-order valence-corrected chi connectivity index (χ4v) is 1.91. The molecule has 0 saturated heterocycles. The van der Waals surface area contributed by atoms with Gasteiger partial charge in [-0.2, -0.15) is 0 Å².